The van der Waals surface area contributed by atoms with Gasteiger partial charge >= 0.3 is 0 Å². The molecule has 27 heavy (non-hydrogen) atoms. The minimum Gasteiger partial charge on any atom is -0.266 e. The molecule has 0 fully saturated rings. The molecule has 1 N–H and O–H groups in total. The summed E-state index contributed by atoms with van der Waals surface area (Å²) in [6.07, 6.45) is 4.45. The van der Waals surface area contributed by atoms with E-state index in [4.69, 9.17) is 0 Å². The summed E-state index contributed by atoms with van der Waals surface area (Å²) in [4.78, 5) is 25.1. The van der Waals surface area contributed by atoms with E-state index < -0.39 is 4.92 Å². The molecule has 1 amide bonds. The van der Waals surface area contributed by atoms with Gasteiger partial charge in [0.15, 0.2) is 0 Å². The number of nitro benzene ring substituents is 1. The number of rotatable bonds is 5. The summed E-state index contributed by atoms with van der Waals surface area (Å²) in [7, 11) is 0. The van der Waals surface area contributed by atoms with Gasteiger partial charge in [0.2, 0.25) is 0 Å². The van der Waals surface area contributed by atoms with Crippen LogP contribution in [0, 0.1) is 23.0 Å². The number of hydrazone groups is 1. The van der Waals surface area contributed by atoms with Gasteiger partial charge in [-0.05, 0) is 50.7 Å². The first-order valence-corrected chi connectivity index (χ1v) is 9.92. The van der Waals surface area contributed by atoms with Crippen LogP contribution in [0.1, 0.15) is 57.9 Å². The number of thiophene rings is 1. The molecule has 0 saturated heterocycles. The molecule has 1 heterocycles. The van der Waals surface area contributed by atoms with Crippen molar-refractivity contribution < 1.29 is 9.72 Å². The average Bonchev–Trinajstić information content (AvgIpc) is 3.09. The monoisotopic (exact) mass is 385 g/mol. The number of nitro groups is 1. The van der Waals surface area contributed by atoms with Crippen molar-refractivity contribution in [1.29, 1.82) is 0 Å². The van der Waals surface area contributed by atoms with E-state index >= 15 is 0 Å². The number of hydrogen-bond donors (Lipinski definition) is 1. The van der Waals surface area contributed by atoms with Crippen LogP contribution in [0.2, 0.25) is 0 Å². The zero-order valence-electron chi connectivity index (χ0n) is 15.7. The Kier molecular flexibility index (Phi) is 5.70. The zero-order chi connectivity index (χ0) is 19.6. The number of aryl methyl sites for hydroxylation is 2. The predicted molar refractivity (Wildman–Crippen MR) is 108 cm³/mol. The fourth-order valence-corrected chi connectivity index (χ4v) is 4.44. The minimum absolute atomic E-state index is 0.0461. The van der Waals surface area contributed by atoms with Crippen molar-refractivity contribution in [3.8, 4) is 0 Å². The van der Waals surface area contributed by atoms with E-state index in [-0.39, 0.29) is 11.6 Å². The predicted octanol–water partition coefficient (Wildman–Crippen LogP) is 4.63. The summed E-state index contributed by atoms with van der Waals surface area (Å²) in [6, 6.07) is 6.92. The van der Waals surface area contributed by atoms with E-state index in [1.165, 1.54) is 29.3 Å². The van der Waals surface area contributed by atoms with Gasteiger partial charge in [0.1, 0.15) is 0 Å². The van der Waals surface area contributed by atoms with Gasteiger partial charge in [-0.25, -0.2) is 5.43 Å². The molecule has 0 unspecified atom stereocenters. The summed E-state index contributed by atoms with van der Waals surface area (Å²) >= 11 is 1.54. The smallest absolute Gasteiger partial charge is 0.266 e. The van der Waals surface area contributed by atoms with Crippen LogP contribution in [0.3, 0.4) is 0 Å². The van der Waals surface area contributed by atoms with Gasteiger partial charge in [0, 0.05) is 22.1 Å². The Bertz CT molecular complexity index is 917. The molecular formula is C20H23N3O3S. The summed E-state index contributed by atoms with van der Waals surface area (Å²) in [5, 5.41) is 15.2. The maximum atomic E-state index is 12.5. The van der Waals surface area contributed by atoms with Crippen LogP contribution in [0.4, 0.5) is 5.69 Å². The molecule has 6 nitrogen and oxygen atoms in total. The molecule has 1 aliphatic carbocycles. The number of nitrogens with one attached hydrogen (secondary N) is 1. The van der Waals surface area contributed by atoms with Gasteiger partial charge < -0.3 is 0 Å². The number of nitrogens with zero attached hydrogens (tertiary/aromatic N) is 2. The second-order valence-corrected chi connectivity index (χ2v) is 8.11. The molecule has 7 heteroatoms. The van der Waals surface area contributed by atoms with Crippen LogP contribution in [-0.4, -0.2) is 16.5 Å². The normalized spacial score (nSPS) is 16.7. The molecule has 1 aliphatic rings. The third kappa shape index (κ3) is 4.24. The molecule has 3 rings (SSSR count). The third-order valence-corrected chi connectivity index (χ3v) is 6.37. The van der Waals surface area contributed by atoms with E-state index in [2.05, 4.69) is 17.5 Å². The van der Waals surface area contributed by atoms with Crippen molar-refractivity contribution >= 4 is 28.6 Å². The highest BCUT2D eigenvalue weighted by Crippen LogP contribution is 2.33. The number of fused-ring (bicyclic) bond motifs is 1. The largest absolute Gasteiger partial charge is 0.281 e. The standard InChI is InChI=1S/C20H23N3O3S/c1-4-14-6-8-18-16(9-14)11-19(27-18)20(24)22-21-13(3)15-7-5-12(2)17(10-15)23(25)26/h5,7,10-11,14H,4,6,8-9H2,1-3H3,(H,22,24)/b21-13-/t14-/m0/s1. The Morgan fingerprint density at radius 2 is 2.19 bits per heavy atom. The van der Waals surface area contributed by atoms with Crippen LogP contribution in [0.5, 0.6) is 0 Å². The molecule has 0 bridgehead atoms. The highest BCUT2D eigenvalue weighted by atomic mass is 32.1. The van der Waals surface area contributed by atoms with Gasteiger partial charge in [0.25, 0.3) is 11.6 Å². The molecule has 1 aromatic heterocycles. The van der Waals surface area contributed by atoms with Crippen molar-refractivity contribution in [2.75, 3.05) is 0 Å². The van der Waals surface area contributed by atoms with E-state index in [0.29, 0.717) is 27.6 Å². The molecule has 1 atom stereocenters. The highest BCUT2D eigenvalue weighted by Gasteiger charge is 2.22. The van der Waals surface area contributed by atoms with Crippen LogP contribution >= 0.6 is 11.3 Å². The number of hydrogen-bond acceptors (Lipinski definition) is 5. The SMILES string of the molecule is CC[C@H]1CCc2sc(C(=O)N/N=C(/C)c3ccc(C)c([N+](=O)[O-])c3)cc2C1. The number of amides is 1. The first-order chi connectivity index (χ1) is 12.9. The molecule has 0 spiro atoms. The highest BCUT2D eigenvalue weighted by molar-refractivity contribution is 7.14. The lowest BCUT2D eigenvalue weighted by Gasteiger charge is -2.19. The van der Waals surface area contributed by atoms with Gasteiger partial charge in [-0.1, -0.05) is 25.5 Å². The van der Waals surface area contributed by atoms with E-state index in [9.17, 15) is 14.9 Å². The lowest BCUT2D eigenvalue weighted by atomic mass is 9.87. The van der Waals surface area contributed by atoms with Crippen molar-refractivity contribution in [2.45, 2.75) is 46.5 Å². The van der Waals surface area contributed by atoms with Gasteiger partial charge in [-0.15, -0.1) is 11.3 Å². The molecule has 0 saturated carbocycles. The Labute approximate surface area is 162 Å². The molecule has 142 valence electrons. The lowest BCUT2D eigenvalue weighted by molar-refractivity contribution is -0.385. The van der Waals surface area contributed by atoms with E-state index in [1.807, 2.05) is 6.07 Å². The molecule has 1 aromatic carbocycles. The molecular weight excluding hydrogens is 362 g/mol. The maximum Gasteiger partial charge on any atom is 0.281 e. The van der Waals surface area contributed by atoms with Crippen molar-refractivity contribution in [1.82, 2.24) is 5.43 Å². The minimum atomic E-state index is -0.412. The number of carbonyl (C=O) groups is 1. The molecule has 0 aliphatic heterocycles. The van der Waals surface area contributed by atoms with Crippen LogP contribution < -0.4 is 5.43 Å². The fourth-order valence-electron chi connectivity index (χ4n) is 3.34. The number of carbonyl (C=O) groups excluding carboxylic acids is 1. The van der Waals surface area contributed by atoms with E-state index in [1.54, 1.807) is 37.3 Å². The Morgan fingerprint density at radius 1 is 1.41 bits per heavy atom. The molecule has 0 radical (unpaired) electrons. The number of benzene rings is 1. The lowest BCUT2D eigenvalue weighted by Crippen LogP contribution is -2.18. The van der Waals surface area contributed by atoms with Crippen molar-refractivity contribution in [2.24, 2.45) is 11.0 Å². The van der Waals surface area contributed by atoms with E-state index in [0.717, 1.165) is 12.8 Å². The van der Waals surface area contributed by atoms with Crippen molar-refractivity contribution in [3.63, 3.8) is 0 Å². The van der Waals surface area contributed by atoms with Crippen LogP contribution in [0.15, 0.2) is 29.4 Å². The first kappa shape index (κ1) is 19.2. The Hall–Kier alpha value is -2.54. The second kappa shape index (κ2) is 8.00. The summed E-state index contributed by atoms with van der Waals surface area (Å²) in [6.45, 7) is 5.63. The Morgan fingerprint density at radius 3 is 2.89 bits per heavy atom. The molecule has 2 aromatic rings. The summed E-state index contributed by atoms with van der Waals surface area (Å²) in [5.74, 6) is 0.476. The summed E-state index contributed by atoms with van der Waals surface area (Å²) < 4.78 is 0. The maximum absolute atomic E-state index is 12.5. The second-order valence-electron chi connectivity index (χ2n) is 6.97. The van der Waals surface area contributed by atoms with Gasteiger partial charge in [-0.3, -0.25) is 14.9 Å². The topological polar surface area (TPSA) is 84.6 Å². The van der Waals surface area contributed by atoms with Crippen LogP contribution in [-0.2, 0) is 12.8 Å². The Balaban J connectivity index is 1.72. The van der Waals surface area contributed by atoms with Gasteiger partial charge in [-0.2, -0.15) is 5.10 Å². The third-order valence-electron chi connectivity index (χ3n) is 5.13. The van der Waals surface area contributed by atoms with Gasteiger partial charge in [0.05, 0.1) is 15.5 Å². The van der Waals surface area contributed by atoms with Crippen LogP contribution in [0.25, 0.3) is 0 Å². The van der Waals surface area contributed by atoms with Crippen molar-refractivity contribution in [3.05, 3.63) is 60.8 Å². The zero-order valence-corrected chi connectivity index (χ0v) is 16.6. The average molecular weight is 385 g/mol. The summed E-state index contributed by atoms with van der Waals surface area (Å²) in [5.41, 5.74) is 5.65. The first-order valence-electron chi connectivity index (χ1n) is 9.10. The quantitative estimate of drug-likeness (QED) is 0.462. The fraction of sp³-hybridized carbons (Fsp3) is 0.400.